The quantitative estimate of drug-likeness (QED) is 0.746. The molecular weight excluding hydrogens is 368 g/mol. The van der Waals surface area contributed by atoms with Crippen LogP contribution in [-0.4, -0.2) is 59.2 Å². The lowest BCUT2D eigenvalue weighted by Gasteiger charge is -2.44. The summed E-state index contributed by atoms with van der Waals surface area (Å²) in [4.78, 5) is 41.1. The van der Waals surface area contributed by atoms with E-state index >= 15 is 0 Å². The minimum atomic E-state index is -0.552. The van der Waals surface area contributed by atoms with E-state index in [0.29, 0.717) is 24.6 Å². The molecule has 7 heteroatoms. The normalized spacial score (nSPS) is 30.1. The fourth-order valence-corrected chi connectivity index (χ4v) is 5.62. The van der Waals surface area contributed by atoms with Crippen LogP contribution in [0, 0.1) is 5.92 Å². The van der Waals surface area contributed by atoms with Crippen molar-refractivity contribution < 1.29 is 14.4 Å². The van der Waals surface area contributed by atoms with Crippen LogP contribution in [0.1, 0.15) is 53.6 Å². The minimum absolute atomic E-state index is 0.0882. The molecule has 29 heavy (non-hydrogen) atoms. The van der Waals surface area contributed by atoms with Gasteiger partial charge in [0, 0.05) is 31.1 Å². The molecule has 1 unspecified atom stereocenters. The Kier molecular flexibility index (Phi) is 4.87. The van der Waals surface area contributed by atoms with Gasteiger partial charge >= 0.3 is 0 Å². The molecule has 3 fully saturated rings. The van der Waals surface area contributed by atoms with Gasteiger partial charge in [0.1, 0.15) is 6.04 Å². The second kappa shape index (κ2) is 7.54. The number of nitrogens with zero attached hydrogens (tertiary/aromatic N) is 2. The highest BCUT2D eigenvalue weighted by molar-refractivity contribution is 6.05. The molecule has 0 aromatic heterocycles. The fraction of sp³-hybridized carbons (Fsp3) is 0.591. The van der Waals surface area contributed by atoms with Crippen LogP contribution >= 0.6 is 0 Å². The molecule has 3 atom stereocenters. The van der Waals surface area contributed by atoms with Gasteiger partial charge in [-0.05, 0) is 68.4 Å². The number of carbonyl (C=O) groups is 3. The number of hydrogen-bond donors (Lipinski definition) is 2. The average Bonchev–Trinajstić information content (AvgIpc) is 3.06. The minimum Gasteiger partial charge on any atom is -0.322 e. The van der Waals surface area contributed by atoms with Crippen molar-refractivity contribution in [1.29, 1.82) is 0 Å². The summed E-state index contributed by atoms with van der Waals surface area (Å²) in [6, 6.07) is 6.03. The van der Waals surface area contributed by atoms with Gasteiger partial charge in [-0.15, -0.1) is 0 Å². The molecule has 0 spiro atoms. The zero-order valence-electron chi connectivity index (χ0n) is 16.7. The molecule has 3 saturated heterocycles. The lowest BCUT2D eigenvalue weighted by Crippen LogP contribution is -2.52. The van der Waals surface area contributed by atoms with Gasteiger partial charge in [0.25, 0.3) is 5.91 Å². The summed E-state index contributed by atoms with van der Waals surface area (Å²) in [6.07, 6.45) is 4.39. The monoisotopic (exact) mass is 396 g/mol. The van der Waals surface area contributed by atoms with E-state index in [1.54, 1.807) is 4.90 Å². The molecule has 0 bridgehead atoms. The number of carbonyl (C=O) groups excluding carboxylic acids is 3. The summed E-state index contributed by atoms with van der Waals surface area (Å²) in [5, 5.41) is 5.90. The Labute approximate surface area is 170 Å². The highest BCUT2D eigenvalue weighted by atomic mass is 16.2. The first kappa shape index (κ1) is 18.8. The molecule has 0 radical (unpaired) electrons. The van der Waals surface area contributed by atoms with Crippen molar-refractivity contribution in [2.75, 3.05) is 19.6 Å². The highest BCUT2D eigenvalue weighted by Gasteiger charge is 2.40. The van der Waals surface area contributed by atoms with Crippen LogP contribution in [0.2, 0.25) is 0 Å². The Hall–Kier alpha value is -2.25. The van der Waals surface area contributed by atoms with Crippen molar-refractivity contribution in [1.82, 2.24) is 20.4 Å². The lowest BCUT2D eigenvalue weighted by atomic mass is 9.84. The number of benzene rings is 1. The molecule has 3 amide bonds. The Balaban J connectivity index is 1.37. The predicted molar refractivity (Wildman–Crippen MR) is 107 cm³/mol. The first-order chi connectivity index (χ1) is 14.1. The van der Waals surface area contributed by atoms with E-state index in [2.05, 4.69) is 21.6 Å². The molecule has 2 N–H and O–H groups in total. The average molecular weight is 396 g/mol. The van der Waals surface area contributed by atoms with Gasteiger partial charge in [-0.25, -0.2) is 0 Å². The first-order valence-electron chi connectivity index (χ1n) is 10.8. The van der Waals surface area contributed by atoms with E-state index in [1.165, 1.54) is 24.8 Å². The Bertz CT molecular complexity index is 852. The summed E-state index contributed by atoms with van der Waals surface area (Å²) < 4.78 is 0. The van der Waals surface area contributed by atoms with Crippen LogP contribution in [0.5, 0.6) is 0 Å². The maximum atomic E-state index is 13.0. The molecule has 4 heterocycles. The maximum Gasteiger partial charge on any atom is 0.255 e. The summed E-state index contributed by atoms with van der Waals surface area (Å²) in [7, 11) is 0. The summed E-state index contributed by atoms with van der Waals surface area (Å²) in [6.45, 7) is 4.61. The van der Waals surface area contributed by atoms with E-state index in [4.69, 9.17) is 0 Å². The van der Waals surface area contributed by atoms with Crippen LogP contribution in [0.4, 0.5) is 0 Å². The fourth-order valence-electron chi connectivity index (χ4n) is 5.62. The van der Waals surface area contributed by atoms with Gasteiger partial charge in [0.15, 0.2) is 0 Å². The third-order valence-corrected chi connectivity index (χ3v) is 7.11. The number of likely N-dealkylation sites (tertiary alicyclic amines) is 1. The smallest absolute Gasteiger partial charge is 0.255 e. The van der Waals surface area contributed by atoms with E-state index in [-0.39, 0.29) is 24.1 Å². The van der Waals surface area contributed by atoms with E-state index in [0.717, 1.165) is 37.7 Å². The molecule has 4 aliphatic heterocycles. The van der Waals surface area contributed by atoms with Crippen LogP contribution in [0.25, 0.3) is 0 Å². The molecule has 0 aliphatic carbocycles. The van der Waals surface area contributed by atoms with E-state index in [9.17, 15) is 14.4 Å². The predicted octanol–water partition coefficient (Wildman–Crippen LogP) is 1.02. The molecule has 1 aromatic carbocycles. The van der Waals surface area contributed by atoms with Crippen LogP contribution in [0.15, 0.2) is 18.2 Å². The van der Waals surface area contributed by atoms with Crippen LogP contribution < -0.4 is 10.6 Å². The number of rotatable bonds is 3. The van der Waals surface area contributed by atoms with Crippen molar-refractivity contribution in [3.05, 3.63) is 34.9 Å². The van der Waals surface area contributed by atoms with Crippen LogP contribution in [-0.2, 0) is 22.7 Å². The molecule has 4 aliphatic rings. The van der Waals surface area contributed by atoms with Crippen LogP contribution in [0.3, 0.4) is 0 Å². The highest BCUT2D eigenvalue weighted by Crippen LogP contribution is 2.33. The van der Waals surface area contributed by atoms with Gasteiger partial charge in [0.05, 0.1) is 0 Å². The Morgan fingerprint density at radius 3 is 2.86 bits per heavy atom. The van der Waals surface area contributed by atoms with Gasteiger partial charge in [-0.3, -0.25) is 24.6 Å². The summed E-state index contributed by atoms with van der Waals surface area (Å²) >= 11 is 0. The third kappa shape index (κ3) is 3.36. The zero-order chi connectivity index (χ0) is 20.0. The Morgan fingerprint density at radius 2 is 2.00 bits per heavy atom. The van der Waals surface area contributed by atoms with Crippen molar-refractivity contribution in [3.63, 3.8) is 0 Å². The van der Waals surface area contributed by atoms with E-state index < -0.39 is 6.04 Å². The first-order valence-corrected chi connectivity index (χ1v) is 10.8. The van der Waals surface area contributed by atoms with Gasteiger partial charge in [-0.1, -0.05) is 12.1 Å². The number of nitrogens with one attached hydrogen (secondary N) is 2. The standard InChI is InChI=1S/C22H28N4O3/c27-20-7-6-19(21(28)24-20)26-13-17-15(3-1-5-16(17)22(26)29)12-25-10-2-4-14-11-23-9-8-18(14)25/h1,3,5,14,18-19,23H,2,4,6-13H2,(H,24,27,28)/t14-,18+,19?/m1/s1. The van der Waals surface area contributed by atoms with Crippen molar-refractivity contribution >= 4 is 17.7 Å². The van der Waals surface area contributed by atoms with Crippen molar-refractivity contribution in [3.8, 4) is 0 Å². The molecule has 5 rings (SSSR count). The summed E-state index contributed by atoms with van der Waals surface area (Å²) in [5.41, 5.74) is 2.97. The van der Waals surface area contributed by atoms with Gasteiger partial charge < -0.3 is 10.2 Å². The Morgan fingerprint density at radius 1 is 1.10 bits per heavy atom. The molecule has 154 valence electrons. The molecular formula is C22H28N4O3. The van der Waals surface area contributed by atoms with Crippen molar-refractivity contribution in [2.45, 2.75) is 57.3 Å². The van der Waals surface area contributed by atoms with Gasteiger partial charge in [-0.2, -0.15) is 0 Å². The molecule has 0 saturated carbocycles. The SMILES string of the molecule is O=C1CCC(N2Cc3c(CN4CCC[C@@H]5CNCC[C@@H]54)cccc3C2=O)C(=O)N1. The third-order valence-electron chi connectivity index (χ3n) is 7.11. The maximum absolute atomic E-state index is 13.0. The largest absolute Gasteiger partial charge is 0.322 e. The molecule has 7 nitrogen and oxygen atoms in total. The van der Waals surface area contributed by atoms with E-state index in [1.807, 2.05) is 12.1 Å². The van der Waals surface area contributed by atoms with Gasteiger partial charge in [0.2, 0.25) is 11.8 Å². The zero-order valence-corrected chi connectivity index (χ0v) is 16.7. The van der Waals surface area contributed by atoms with Crippen molar-refractivity contribution in [2.24, 2.45) is 5.92 Å². The topological polar surface area (TPSA) is 81.8 Å². The number of imide groups is 1. The number of piperidine rings is 3. The number of amides is 3. The second-order valence-electron chi connectivity index (χ2n) is 8.78. The second-order valence-corrected chi connectivity index (χ2v) is 8.78. The summed E-state index contributed by atoms with van der Waals surface area (Å²) in [5.74, 6) is 0.0286. The molecule has 1 aromatic rings. The number of hydrogen-bond acceptors (Lipinski definition) is 5. The lowest BCUT2D eigenvalue weighted by molar-refractivity contribution is -0.136. The number of fused-ring (bicyclic) bond motifs is 2.